The van der Waals surface area contributed by atoms with Gasteiger partial charge in [0.15, 0.2) is 11.0 Å². The van der Waals surface area contributed by atoms with Gasteiger partial charge in [-0.25, -0.2) is 9.13 Å². The fourth-order valence-electron chi connectivity index (χ4n) is 3.79. The molecule has 1 heterocycles. The molecule has 7 nitrogen and oxygen atoms in total. The van der Waals surface area contributed by atoms with Crippen molar-refractivity contribution in [1.82, 2.24) is 4.57 Å². The van der Waals surface area contributed by atoms with Gasteiger partial charge in [0.25, 0.3) is 0 Å². The van der Waals surface area contributed by atoms with E-state index in [0.717, 1.165) is 22.9 Å². The number of imidazole rings is 1. The van der Waals surface area contributed by atoms with Crippen LogP contribution in [-0.2, 0) is 14.1 Å². The van der Waals surface area contributed by atoms with Crippen LogP contribution in [0.25, 0.3) is 11.0 Å². The highest BCUT2D eigenvalue weighted by molar-refractivity contribution is 5.97. The number of aliphatic hydroxyl groups is 2. The van der Waals surface area contributed by atoms with E-state index in [0.29, 0.717) is 13.1 Å². The summed E-state index contributed by atoms with van der Waals surface area (Å²) in [4.78, 5) is 1.95. The SMILES string of the molecule is C/C(=N\N(C)c1ccc(N(CCO)CCO)cc1)c1n(C)c2ccccc2[n+]1C. The summed E-state index contributed by atoms with van der Waals surface area (Å²) in [7, 11) is 6.05. The molecule has 7 heteroatoms. The summed E-state index contributed by atoms with van der Waals surface area (Å²) in [6.45, 7) is 3.10. The number of anilines is 2. The average Bonchev–Trinajstić information content (AvgIpc) is 2.98. The highest BCUT2D eigenvalue weighted by Gasteiger charge is 2.22. The van der Waals surface area contributed by atoms with Gasteiger partial charge in [0.1, 0.15) is 5.71 Å². The van der Waals surface area contributed by atoms with Crippen LogP contribution in [0.2, 0.25) is 0 Å². The molecule has 0 atom stereocenters. The molecule has 154 valence electrons. The van der Waals surface area contributed by atoms with E-state index in [-0.39, 0.29) is 13.2 Å². The fraction of sp³-hybridized carbons (Fsp3) is 0.364. The van der Waals surface area contributed by atoms with E-state index in [2.05, 4.69) is 35.4 Å². The van der Waals surface area contributed by atoms with Gasteiger partial charge in [-0.1, -0.05) is 12.1 Å². The van der Waals surface area contributed by atoms with Crippen molar-refractivity contribution in [3.63, 3.8) is 0 Å². The third kappa shape index (κ3) is 4.26. The van der Waals surface area contributed by atoms with Crippen molar-refractivity contribution in [2.45, 2.75) is 6.92 Å². The van der Waals surface area contributed by atoms with Crippen molar-refractivity contribution < 1.29 is 14.8 Å². The molecule has 29 heavy (non-hydrogen) atoms. The molecule has 3 aromatic rings. The second-order valence-electron chi connectivity index (χ2n) is 7.09. The van der Waals surface area contributed by atoms with Gasteiger partial charge in [-0.05, 0) is 43.3 Å². The highest BCUT2D eigenvalue weighted by atomic mass is 16.3. The number of nitrogens with zero attached hydrogens (tertiary/aromatic N) is 5. The molecule has 0 amide bonds. The summed E-state index contributed by atoms with van der Waals surface area (Å²) in [6.07, 6.45) is 0. The highest BCUT2D eigenvalue weighted by Crippen LogP contribution is 2.21. The Labute approximate surface area is 171 Å². The monoisotopic (exact) mass is 396 g/mol. The maximum atomic E-state index is 9.22. The molecule has 0 aliphatic heterocycles. The molecule has 3 rings (SSSR count). The van der Waals surface area contributed by atoms with Crippen LogP contribution in [0.3, 0.4) is 0 Å². The maximum Gasteiger partial charge on any atom is 0.305 e. The molecule has 2 aromatic carbocycles. The van der Waals surface area contributed by atoms with Crippen LogP contribution in [0, 0.1) is 0 Å². The standard InChI is InChI=1S/C22H30N5O2/c1-17(22-24(2)20-7-5-6-8-21(20)25(22)3)23-26(4)18-9-11-19(12-10-18)27(13-15-28)14-16-29/h5-12,28-29H,13-16H2,1-4H3/q+1. The Hall–Kier alpha value is -2.90. The van der Waals surface area contributed by atoms with Crippen LogP contribution in [0.5, 0.6) is 0 Å². The molecule has 1 aromatic heterocycles. The van der Waals surface area contributed by atoms with Crippen LogP contribution in [0.1, 0.15) is 12.7 Å². The third-order valence-corrected chi connectivity index (χ3v) is 5.19. The van der Waals surface area contributed by atoms with Crippen LogP contribution >= 0.6 is 0 Å². The quantitative estimate of drug-likeness (QED) is 0.345. The molecule has 0 aliphatic carbocycles. The minimum Gasteiger partial charge on any atom is -0.395 e. The van der Waals surface area contributed by atoms with Gasteiger partial charge in [0.05, 0.1) is 33.0 Å². The summed E-state index contributed by atoms with van der Waals surface area (Å²) < 4.78 is 4.32. The molecule has 0 aliphatic rings. The van der Waals surface area contributed by atoms with Crippen LogP contribution < -0.4 is 14.5 Å². The third-order valence-electron chi connectivity index (χ3n) is 5.19. The van der Waals surface area contributed by atoms with Gasteiger partial charge in [-0.3, -0.25) is 5.01 Å². The first-order valence-corrected chi connectivity index (χ1v) is 9.77. The van der Waals surface area contributed by atoms with Crippen molar-refractivity contribution in [2.75, 3.05) is 43.3 Å². The molecule has 0 saturated heterocycles. The zero-order valence-electron chi connectivity index (χ0n) is 17.6. The van der Waals surface area contributed by atoms with E-state index in [1.165, 1.54) is 11.0 Å². The molecule has 0 bridgehead atoms. The van der Waals surface area contributed by atoms with Gasteiger partial charge in [0.2, 0.25) is 0 Å². The lowest BCUT2D eigenvalue weighted by Gasteiger charge is -2.23. The van der Waals surface area contributed by atoms with E-state index in [1.54, 1.807) is 0 Å². The number of fused-ring (bicyclic) bond motifs is 1. The number of hydrogen-bond acceptors (Lipinski definition) is 5. The number of hydrogen-bond donors (Lipinski definition) is 2. The van der Waals surface area contributed by atoms with E-state index < -0.39 is 0 Å². The molecular weight excluding hydrogens is 366 g/mol. The predicted molar refractivity (Wildman–Crippen MR) is 118 cm³/mol. The average molecular weight is 397 g/mol. The zero-order chi connectivity index (χ0) is 21.0. The first-order valence-electron chi connectivity index (χ1n) is 9.77. The summed E-state index contributed by atoms with van der Waals surface area (Å²) in [5, 5.41) is 25.1. The minimum absolute atomic E-state index is 0.0488. The Balaban J connectivity index is 1.85. The molecule has 0 unspecified atom stereocenters. The Morgan fingerprint density at radius 1 is 1.00 bits per heavy atom. The van der Waals surface area contributed by atoms with Crippen LogP contribution in [0.15, 0.2) is 53.6 Å². The van der Waals surface area contributed by atoms with Gasteiger partial charge in [0, 0.05) is 25.8 Å². The van der Waals surface area contributed by atoms with Crippen molar-refractivity contribution in [3.05, 3.63) is 54.4 Å². The molecular formula is C22H30N5O2+. The van der Waals surface area contributed by atoms with Crippen molar-refractivity contribution >= 4 is 28.1 Å². The topological polar surface area (TPSA) is 68.1 Å². The van der Waals surface area contributed by atoms with Gasteiger partial charge >= 0.3 is 5.82 Å². The molecule has 0 fully saturated rings. The zero-order valence-corrected chi connectivity index (χ0v) is 17.6. The van der Waals surface area contributed by atoms with E-state index >= 15 is 0 Å². The molecule has 0 saturated carbocycles. The predicted octanol–water partition coefficient (Wildman–Crippen LogP) is 1.65. The largest absolute Gasteiger partial charge is 0.395 e. The Bertz CT molecular complexity index is 949. The minimum atomic E-state index is 0.0488. The normalized spacial score (nSPS) is 11.9. The van der Waals surface area contributed by atoms with Gasteiger partial charge in [-0.15, -0.1) is 0 Å². The number of aliphatic hydroxyl groups excluding tert-OH is 2. The maximum absolute atomic E-state index is 9.22. The lowest BCUT2D eigenvalue weighted by Crippen LogP contribution is -2.36. The number of aryl methyl sites for hydroxylation is 2. The lowest BCUT2D eigenvalue weighted by atomic mass is 10.2. The number of rotatable bonds is 8. The summed E-state index contributed by atoms with van der Waals surface area (Å²) >= 11 is 0. The second-order valence-corrected chi connectivity index (χ2v) is 7.09. The fourth-order valence-corrected chi connectivity index (χ4v) is 3.79. The van der Waals surface area contributed by atoms with Crippen molar-refractivity contribution in [3.8, 4) is 0 Å². The van der Waals surface area contributed by atoms with Crippen molar-refractivity contribution in [2.24, 2.45) is 19.2 Å². The van der Waals surface area contributed by atoms with E-state index in [4.69, 9.17) is 5.10 Å². The number of para-hydroxylation sites is 2. The number of hydrazone groups is 1. The molecule has 2 N–H and O–H groups in total. The Morgan fingerprint density at radius 3 is 2.17 bits per heavy atom. The Kier molecular flexibility index (Phi) is 6.51. The van der Waals surface area contributed by atoms with Gasteiger partial charge in [-0.2, -0.15) is 5.10 Å². The number of benzene rings is 2. The Morgan fingerprint density at radius 2 is 1.59 bits per heavy atom. The van der Waals surface area contributed by atoms with Crippen LogP contribution in [-0.4, -0.2) is 53.8 Å². The lowest BCUT2D eigenvalue weighted by molar-refractivity contribution is -0.647. The molecule has 0 radical (unpaired) electrons. The second kappa shape index (κ2) is 9.07. The molecule has 0 spiro atoms. The van der Waals surface area contributed by atoms with Crippen molar-refractivity contribution in [1.29, 1.82) is 0 Å². The summed E-state index contributed by atoms with van der Waals surface area (Å²) in [6, 6.07) is 16.3. The first-order chi connectivity index (χ1) is 14.0. The van der Waals surface area contributed by atoms with E-state index in [1.807, 2.05) is 60.3 Å². The van der Waals surface area contributed by atoms with Crippen LogP contribution in [0.4, 0.5) is 11.4 Å². The van der Waals surface area contributed by atoms with Gasteiger partial charge < -0.3 is 15.1 Å². The smallest absolute Gasteiger partial charge is 0.305 e. The number of aromatic nitrogens is 2. The first kappa shape index (κ1) is 20.8. The summed E-state index contributed by atoms with van der Waals surface area (Å²) in [5.74, 6) is 1.05. The summed E-state index contributed by atoms with van der Waals surface area (Å²) in [5.41, 5.74) is 5.17. The van der Waals surface area contributed by atoms with E-state index in [9.17, 15) is 10.2 Å².